The molecule has 0 spiro atoms. The van der Waals surface area contributed by atoms with Crippen LogP contribution < -0.4 is 4.74 Å². The summed E-state index contributed by atoms with van der Waals surface area (Å²) in [6, 6.07) is 22.5. The Kier molecular flexibility index (Phi) is 7.62. The molecule has 0 bridgehead atoms. The van der Waals surface area contributed by atoms with Crippen molar-refractivity contribution >= 4 is 34.2 Å². The number of fused-ring (bicyclic) bond motifs is 1. The van der Waals surface area contributed by atoms with Crippen LogP contribution in [0.4, 0.5) is 0 Å². The first-order valence-electron chi connectivity index (χ1n) is 12.3. The average Bonchev–Trinajstić information content (AvgIpc) is 3.23. The fraction of sp³-hybridized carbons (Fsp3) is 0.345. The van der Waals surface area contributed by atoms with Crippen molar-refractivity contribution in [3.63, 3.8) is 0 Å². The largest absolute Gasteiger partial charge is 0.497 e. The summed E-state index contributed by atoms with van der Waals surface area (Å²) in [5.41, 5.74) is 4.48. The first-order valence-corrected chi connectivity index (χ1v) is 13.1. The van der Waals surface area contributed by atoms with Gasteiger partial charge in [-0.05, 0) is 80.2 Å². The molecule has 3 aromatic carbocycles. The Balaban J connectivity index is 1.24. The van der Waals surface area contributed by atoms with Crippen molar-refractivity contribution < 1.29 is 4.74 Å². The van der Waals surface area contributed by atoms with Gasteiger partial charge in [-0.3, -0.25) is 0 Å². The van der Waals surface area contributed by atoms with Crippen LogP contribution in [0.3, 0.4) is 0 Å². The van der Waals surface area contributed by atoms with Crippen molar-refractivity contribution in [1.82, 2.24) is 14.5 Å². The summed E-state index contributed by atoms with van der Waals surface area (Å²) in [6.07, 6.45) is 4.43. The minimum atomic E-state index is 0.629. The molecule has 1 aliphatic rings. The predicted octanol–water partition coefficient (Wildman–Crippen LogP) is 6.90. The first-order chi connectivity index (χ1) is 17.1. The molecule has 4 aromatic rings. The van der Waals surface area contributed by atoms with Gasteiger partial charge in [-0.25, -0.2) is 4.98 Å². The van der Waals surface area contributed by atoms with Crippen LogP contribution in [0.15, 0.2) is 66.7 Å². The molecule has 2 heterocycles. The number of benzene rings is 3. The number of aromatic nitrogens is 2. The van der Waals surface area contributed by atoms with E-state index in [4.69, 9.17) is 32.9 Å². The van der Waals surface area contributed by atoms with E-state index in [9.17, 15) is 0 Å². The third-order valence-corrected chi connectivity index (χ3v) is 7.87. The normalized spacial score (nSPS) is 15.1. The predicted molar refractivity (Wildman–Crippen MR) is 145 cm³/mol. The van der Waals surface area contributed by atoms with E-state index in [2.05, 4.69) is 39.8 Å². The summed E-state index contributed by atoms with van der Waals surface area (Å²) < 4.78 is 7.57. The maximum Gasteiger partial charge on any atom is 0.118 e. The van der Waals surface area contributed by atoms with Crippen molar-refractivity contribution in [3.05, 3.63) is 93.7 Å². The molecular weight excluding hydrogens is 477 g/mol. The number of imidazole rings is 1. The minimum Gasteiger partial charge on any atom is -0.497 e. The molecule has 1 aliphatic heterocycles. The van der Waals surface area contributed by atoms with Crippen LogP contribution in [0.5, 0.6) is 5.75 Å². The lowest BCUT2D eigenvalue weighted by atomic mass is 9.93. The number of hydrogen-bond donors (Lipinski definition) is 0. The Labute approximate surface area is 217 Å². The van der Waals surface area contributed by atoms with E-state index in [1.165, 1.54) is 18.4 Å². The van der Waals surface area contributed by atoms with E-state index in [1.807, 2.05) is 36.4 Å². The first kappa shape index (κ1) is 24.2. The molecule has 0 saturated carbocycles. The summed E-state index contributed by atoms with van der Waals surface area (Å²) in [5.74, 6) is 2.67. The SMILES string of the molecule is COc1ccc(CCN2CCC(Cc3nc4ccccc4n3Cc3c(Cl)cccc3Cl)CC2)cc1. The standard InChI is InChI=1S/C29H31Cl2N3O/c1-35-23-11-9-21(10-12-23)13-16-33-17-14-22(15-18-33)19-29-32-27-7-2-3-8-28(27)34(29)20-24-25(30)5-4-6-26(24)31/h2-12,22H,13-20H2,1H3. The molecule has 0 unspecified atom stereocenters. The van der Waals surface area contributed by atoms with Gasteiger partial charge in [-0.1, -0.05) is 53.5 Å². The second-order valence-corrected chi connectivity index (χ2v) is 10.2. The fourth-order valence-corrected chi connectivity index (χ4v) is 5.57. The minimum absolute atomic E-state index is 0.629. The highest BCUT2D eigenvalue weighted by molar-refractivity contribution is 6.36. The van der Waals surface area contributed by atoms with E-state index in [-0.39, 0.29) is 0 Å². The zero-order valence-corrected chi connectivity index (χ0v) is 21.6. The molecule has 4 nitrogen and oxygen atoms in total. The highest BCUT2D eigenvalue weighted by Crippen LogP contribution is 2.29. The molecule has 0 aliphatic carbocycles. The topological polar surface area (TPSA) is 30.3 Å². The molecular formula is C29H31Cl2N3O. The molecule has 0 N–H and O–H groups in total. The maximum absolute atomic E-state index is 6.52. The van der Waals surface area contributed by atoms with Crippen LogP contribution in [0, 0.1) is 5.92 Å². The van der Waals surface area contributed by atoms with Crippen molar-refractivity contribution in [2.75, 3.05) is 26.7 Å². The number of halogens is 2. The number of ether oxygens (including phenoxy) is 1. The van der Waals surface area contributed by atoms with Gasteiger partial charge in [0.1, 0.15) is 11.6 Å². The van der Waals surface area contributed by atoms with E-state index in [0.29, 0.717) is 22.5 Å². The van der Waals surface area contributed by atoms with Crippen LogP contribution in [-0.4, -0.2) is 41.2 Å². The highest BCUT2D eigenvalue weighted by Gasteiger charge is 2.22. The van der Waals surface area contributed by atoms with Crippen LogP contribution in [0.1, 0.15) is 29.8 Å². The molecule has 1 aromatic heterocycles. The molecule has 0 amide bonds. The van der Waals surface area contributed by atoms with E-state index >= 15 is 0 Å². The summed E-state index contributed by atoms with van der Waals surface area (Å²) in [7, 11) is 1.71. The van der Waals surface area contributed by atoms with Crippen molar-refractivity contribution in [2.45, 2.75) is 32.2 Å². The van der Waals surface area contributed by atoms with Gasteiger partial charge in [-0.15, -0.1) is 0 Å². The van der Waals surface area contributed by atoms with E-state index in [0.717, 1.165) is 60.6 Å². The number of methoxy groups -OCH3 is 1. The van der Waals surface area contributed by atoms with Crippen LogP contribution in [0.25, 0.3) is 11.0 Å². The Hall–Kier alpha value is -2.53. The second kappa shape index (κ2) is 11.0. The van der Waals surface area contributed by atoms with Crippen LogP contribution in [0.2, 0.25) is 10.0 Å². The van der Waals surface area contributed by atoms with Crippen molar-refractivity contribution in [2.24, 2.45) is 5.92 Å². The molecule has 182 valence electrons. The summed E-state index contributed by atoms with van der Waals surface area (Å²) in [4.78, 5) is 7.61. The molecule has 5 rings (SSSR count). The summed E-state index contributed by atoms with van der Waals surface area (Å²) >= 11 is 13.0. The number of piperidine rings is 1. The van der Waals surface area contributed by atoms with Gasteiger partial charge >= 0.3 is 0 Å². The zero-order chi connectivity index (χ0) is 24.2. The monoisotopic (exact) mass is 507 g/mol. The Morgan fingerprint density at radius 1 is 0.914 bits per heavy atom. The smallest absolute Gasteiger partial charge is 0.118 e. The molecule has 0 atom stereocenters. The van der Waals surface area contributed by atoms with Crippen LogP contribution >= 0.6 is 23.2 Å². The van der Waals surface area contributed by atoms with Crippen molar-refractivity contribution in [3.8, 4) is 5.75 Å². The van der Waals surface area contributed by atoms with Gasteiger partial charge in [0.2, 0.25) is 0 Å². The number of nitrogens with zero attached hydrogens (tertiary/aromatic N) is 3. The lowest BCUT2D eigenvalue weighted by Gasteiger charge is -2.32. The lowest BCUT2D eigenvalue weighted by Crippen LogP contribution is -2.36. The fourth-order valence-electron chi connectivity index (χ4n) is 5.05. The van der Waals surface area contributed by atoms with Gasteiger partial charge in [-0.2, -0.15) is 0 Å². The Morgan fingerprint density at radius 2 is 1.63 bits per heavy atom. The second-order valence-electron chi connectivity index (χ2n) is 9.39. The lowest BCUT2D eigenvalue weighted by molar-refractivity contribution is 0.184. The van der Waals surface area contributed by atoms with Gasteiger partial charge in [0, 0.05) is 28.6 Å². The van der Waals surface area contributed by atoms with Crippen LogP contribution in [-0.2, 0) is 19.4 Å². The third kappa shape index (κ3) is 5.66. The third-order valence-electron chi connectivity index (χ3n) is 7.17. The summed E-state index contributed by atoms with van der Waals surface area (Å²) in [5, 5.41) is 1.40. The van der Waals surface area contributed by atoms with E-state index in [1.54, 1.807) is 7.11 Å². The molecule has 1 saturated heterocycles. The van der Waals surface area contributed by atoms with Gasteiger partial charge < -0.3 is 14.2 Å². The zero-order valence-electron chi connectivity index (χ0n) is 20.1. The molecule has 6 heteroatoms. The Bertz CT molecular complexity index is 1260. The number of rotatable bonds is 8. The Morgan fingerprint density at radius 3 is 2.34 bits per heavy atom. The van der Waals surface area contributed by atoms with Gasteiger partial charge in [0.05, 0.1) is 24.7 Å². The quantitative estimate of drug-likeness (QED) is 0.260. The van der Waals surface area contributed by atoms with E-state index < -0.39 is 0 Å². The van der Waals surface area contributed by atoms with Gasteiger partial charge in [0.25, 0.3) is 0 Å². The molecule has 0 radical (unpaired) electrons. The highest BCUT2D eigenvalue weighted by atomic mass is 35.5. The number of para-hydroxylation sites is 2. The molecule has 35 heavy (non-hydrogen) atoms. The maximum atomic E-state index is 6.52. The summed E-state index contributed by atoms with van der Waals surface area (Å²) in [6.45, 7) is 4.01. The van der Waals surface area contributed by atoms with Gasteiger partial charge in [0.15, 0.2) is 0 Å². The molecule has 1 fully saturated rings. The average molecular weight is 508 g/mol. The number of likely N-dealkylation sites (tertiary alicyclic amines) is 1. The number of hydrogen-bond acceptors (Lipinski definition) is 3. The van der Waals surface area contributed by atoms with Crippen molar-refractivity contribution in [1.29, 1.82) is 0 Å².